The zero-order valence-corrected chi connectivity index (χ0v) is 9.78. The van der Waals surface area contributed by atoms with E-state index in [1.54, 1.807) is 0 Å². The molecule has 0 radical (unpaired) electrons. The minimum absolute atomic E-state index is 0.0716. The summed E-state index contributed by atoms with van der Waals surface area (Å²) in [6.45, 7) is 0. The van der Waals surface area contributed by atoms with Crippen molar-refractivity contribution in [2.75, 3.05) is 7.11 Å². The van der Waals surface area contributed by atoms with Crippen LogP contribution in [0.5, 0.6) is 5.88 Å². The van der Waals surface area contributed by atoms with E-state index < -0.39 is 30.1 Å². The Morgan fingerprint density at radius 2 is 2.06 bits per heavy atom. The van der Waals surface area contributed by atoms with E-state index >= 15 is 0 Å². The maximum atomic E-state index is 13.1. The molecule has 0 amide bonds. The second-order valence-corrected chi connectivity index (χ2v) is 4.48. The minimum Gasteiger partial charge on any atom is -0.480 e. The Kier molecular flexibility index (Phi) is 3.00. The number of methoxy groups -OCH3 is 1. The molecule has 0 spiro atoms. The average Bonchev–Trinajstić information content (AvgIpc) is 2.78. The zero-order valence-electron chi connectivity index (χ0n) is 9.78. The van der Waals surface area contributed by atoms with Crippen molar-refractivity contribution in [3.63, 3.8) is 0 Å². The van der Waals surface area contributed by atoms with Gasteiger partial charge in [0.1, 0.15) is 5.41 Å². The van der Waals surface area contributed by atoms with Crippen LogP contribution in [0.25, 0.3) is 0 Å². The third kappa shape index (κ3) is 2.04. The Labute approximate surface area is 102 Å². The van der Waals surface area contributed by atoms with Crippen LogP contribution < -0.4 is 4.74 Å². The van der Waals surface area contributed by atoms with Gasteiger partial charge in [0.25, 0.3) is 5.88 Å². The first kappa shape index (κ1) is 12.8. The smallest absolute Gasteiger partial charge is 0.317 e. The van der Waals surface area contributed by atoms with Crippen LogP contribution in [0.2, 0.25) is 0 Å². The van der Waals surface area contributed by atoms with Gasteiger partial charge in [-0.2, -0.15) is 0 Å². The lowest BCUT2D eigenvalue weighted by Gasteiger charge is -2.34. The summed E-state index contributed by atoms with van der Waals surface area (Å²) in [5.41, 5.74) is -1.43. The molecule has 0 atom stereocenters. The number of carboxylic acids is 1. The molecule has 0 aromatic carbocycles. The number of aliphatic carboxylic acids is 1. The number of nitrogens with zero attached hydrogens (tertiary/aromatic N) is 1. The molecule has 0 unspecified atom stereocenters. The maximum Gasteiger partial charge on any atom is 0.317 e. The SMILES string of the molecule is COc1cc(C2(C(=O)O)CCC(F)(F)CC2)on1. The van der Waals surface area contributed by atoms with Gasteiger partial charge in [0.15, 0.2) is 5.76 Å². The van der Waals surface area contributed by atoms with Gasteiger partial charge in [0.2, 0.25) is 5.92 Å². The first-order valence-electron chi connectivity index (χ1n) is 5.52. The molecule has 0 bridgehead atoms. The van der Waals surface area contributed by atoms with Gasteiger partial charge in [0, 0.05) is 18.9 Å². The number of alkyl halides is 2. The quantitative estimate of drug-likeness (QED) is 0.903. The minimum atomic E-state index is -2.80. The molecular weight excluding hydrogens is 248 g/mol. The van der Waals surface area contributed by atoms with Crippen LogP contribution in [0, 0.1) is 0 Å². The van der Waals surface area contributed by atoms with Crippen LogP contribution in [-0.4, -0.2) is 29.3 Å². The van der Waals surface area contributed by atoms with Gasteiger partial charge in [-0.3, -0.25) is 4.79 Å². The van der Waals surface area contributed by atoms with Crippen molar-refractivity contribution in [1.29, 1.82) is 0 Å². The fraction of sp³-hybridized carbons (Fsp3) is 0.636. The summed E-state index contributed by atoms with van der Waals surface area (Å²) in [7, 11) is 1.37. The molecular formula is C11H13F2NO4. The zero-order chi connectivity index (χ0) is 13.4. The van der Waals surface area contributed by atoms with Crippen molar-refractivity contribution in [1.82, 2.24) is 5.16 Å². The molecule has 18 heavy (non-hydrogen) atoms. The molecule has 100 valence electrons. The van der Waals surface area contributed by atoms with Gasteiger partial charge in [-0.1, -0.05) is 0 Å². The fourth-order valence-electron chi connectivity index (χ4n) is 2.19. The molecule has 5 nitrogen and oxygen atoms in total. The first-order chi connectivity index (χ1) is 8.39. The summed E-state index contributed by atoms with van der Waals surface area (Å²) in [6, 6.07) is 1.34. The van der Waals surface area contributed by atoms with Gasteiger partial charge < -0.3 is 14.4 Å². The van der Waals surface area contributed by atoms with E-state index in [0.29, 0.717) is 0 Å². The van der Waals surface area contributed by atoms with E-state index in [1.807, 2.05) is 0 Å². The molecule has 1 aromatic rings. The number of halogens is 2. The molecule has 1 aliphatic carbocycles. The van der Waals surface area contributed by atoms with E-state index in [2.05, 4.69) is 5.16 Å². The van der Waals surface area contributed by atoms with Crippen molar-refractivity contribution in [2.24, 2.45) is 0 Å². The van der Waals surface area contributed by atoms with Crippen LogP contribution in [-0.2, 0) is 10.2 Å². The largest absolute Gasteiger partial charge is 0.480 e. The van der Waals surface area contributed by atoms with Crippen molar-refractivity contribution in [2.45, 2.75) is 37.0 Å². The van der Waals surface area contributed by atoms with Crippen LogP contribution in [0.1, 0.15) is 31.4 Å². The third-order valence-electron chi connectivity index (χ3n) is 3.41. The molecule has 1 aliphatic rings. The van der Waals surface area contributed by atoms with E-state index in [1.165, 1.54) is 13.2 Å². The molecule has 2 rings (SSSR count). The number of hydrogen-bond donors (Lipinski definition) is 1. The molecule has 1 fully saturated rings. The Morgan fingerprint density at radius 1 is 1.44 bits per heavy atom. The topological polar surface area (TPSA) is 72.6 Å². The summed E-state index contributed by atoms with van der Waals surface area (Å²) in [5.74, 6) is -3.76. The number of carbonyl (C=O) groups is 1. The predicted molar refractivity (Wildman–Crippen MR) is 55.8 cm³/mol. The standard InChI is InChI=1S/C11H13F2NO4/c1-17-8-6-7(18-14-8)10(9(15)16)2-4-11(12,13)5-3-10/h6H,2-5H2,1H3,(H,15,16). The second-order valence-electron chi connectivity index (χ2n) is 4.48. The summed E-state index contributed by atoms with van der Waals surface area (Å²) in [4.78, 5) is 11.4. The van der Waals surface area contributed by atoms with Gasteiger partial charge in [0.05, 0.1) is 7.11 Å². The highest BCUT2D eigenvalue weighted by Gasteiger charge is 2.51. The van der Waals surface area contributed by atoms with Crippen LogP contribution in [0.3, 0.4) is 0 Å². The lowest BCUT2D eigenvalue weighted by atomic mass is 9.71. The van der Waals surface area contributed by atoms with Crippen LogP contribution >= 0.6 is 0 Å². The molecule has 0 saturated heterocycles. The number of aromatic nitrogens is 1. The van der Waals surface area contributed by atoms with E-state index in [-0.39, 0.29) is 24.5 Å². The number of rotatable bonds is 3. The van der Waals surface area contributed by atoms with Gasteiger partial charge in [-0.25, -0.2) is 8.78 Å². The number of ether oxygens (including phenoxy) is 1. The molecule has 1 heterocycles. The van der Waals surface area contributed by atoms with Gasteiger partial charge >= 0.3 is 5.97 Å². The molecule has 1 N–H and O–H groups in total. The highest BCUT2D eigenvalue weighted by molar-refractivity contribution is 5.80. The molecule has 1 saturated carbocycles. The lowest BCUT2D eigenvalue weighted by Crippen LogP contribution is -2.42. The van der Waals surface area contributed by atoms with Crippen molar-refractivity contribution in [3.05, 3.63) is 11.8 Å². The van der Waals surface area contributed by atoms with E-state index in [0.717, 1.165) is 0 Å². The monoisotopic (exact) mass is 261 g/mol. The van der Waals surface area contributed by atoms with Crippen LogP contribution in [0.15, 0.2) is 10.6 Å². The molecule has 0 aliphatic heterocycles. The highest BCUT2D eigenvalue weighted by atomic mass is 19.3. The highest BCUT2D eigenvalue weighted by Crippen LogP contribution is 2.46. The summed E-state index contributed by atoms with van der Waals surface area (Å²) in [6.07, 6.45) is -1.29. The normalized spacial score (nSPS) is 21.5. The average molecular weight is 261 g/mol. The summed E-state index contributed by atoms with van der Waals surface area (Å²) >= 11 is 0. The third-order valence-corrected chi connectivity index (χ3v) is 3.41. The predicted octanol–water partition coefficient (Wildman–Crippen LogP) is 2.21. The van der Waals surface area contributed by atoms with Crippen molar-refractivity contribution in [3.8, 4) is 5.88 Å². The summed E-state index contributed by atoms with van der Waals surface area (Å²) in [5, 5.41) is 12.8. The Bertz CT molecular complexity index is 448. The fourth-order valence-corrected chi connectivity index (χ4v) is 2.19. The summed E-state index contributed by atoms with van der Waals surface area (Å²) < 4.78 is 36.0. The van der Waals surface area contributed by atoms with E-state index in [4.69, 9.17) is 9.26 Å². The van der Waals surface area contributed by atoms with Crippen molar-refractivity contribution < 1.29 is 27.9 Å². The second kappa shape index (κ2) is 4.22. The molecule has 7 heteroatoms. The van der Waals surface area contributed by atoms with Crippen molar-refractivity contribution >= 4 is 5.97 Å². The van der Waals surface area contributed by atoms with Crippen LogP contribution in [0.4, 0.5) is 8.78 Å². The Balaban J connectivity index is 2.31. The molecule has 1 aromatic heterocycles. The number of hydrogen-bond acceptors (Lipinski definition) is 4. The van der Waals surface area contributed by atoms with Gasteiger partial charge in [-0.15, -0.1) is 0 Å². The number of carboxylic acid groups (broad SMARTS) is 1. The van der Waals surface area contributed by atoms with Gasteiger partial charge in [-0.05, 0) is 18.0 Å². The Hall–Kier alpha value is -1.66. The van der Waals surface area contributed by atoms with E-state index in [9.17, 15) is 18.7 Å². The maximum absolute atomic E-state index is 13.1. The lowest BCUT2D eigenvalue weighted by molar-refractivity contribution is -0.150. The Morgan fingerprint density at radius 3 is 2.50 bits per heavy atom. The first-order valence-corrected chi connectivity index (χ1v) is 5.52.